The number of thiophene rings is 1. The van der Waals surface area contributed by atoms with Gasteiger partial charge in [0, 0.05) is 47.6 Å². The Kier molecular flexibility index (Phi) is 8.31. The summed E-state index contributed by atoms with van der Waals surface area (Å²) in [6, 6.07) is 63.0. The topological polar surface area (TPSA) is 43.6 Å². The first-order chi connectivity index (χ1) is 29.0. The molecule has 0 spiro atoms. The van der Waals surface area contributed by atoms with E-state index >= 15 is 0 Å². The molecule has 3 aromatic heterocycles. The van der Waals surface area contributed by atoms with Gasteiger partial charge in [-0.1, -0.05) is 139 Å². The van der Waals surface area contributed by atoms with Gasteiger partial charge in [0.05, 0.1) is 16.7 Å². The molecular weight excluding hydrogens is 737 g/mol. The van der Waals surface area contributed by atoms with Crippen LogP contribution in [0.25, 0.3) is 104 Å². The first kappa shape index (κ1) is 35.0. The second-order valence-electron chi connectivity index (χ2n) is 15.4. The molecule has 59 heavy (non-hydrogen) atoms. The Balaban J connectivity index is 1.21. The predicted molar refractivity (Wildman–Crippen MR) is 248 cm³/mol. The maximum atomic E-state index is 5.31. The average Bonchev–Trinajstić information content (AvgIpc) is 3.81. The lowest BCUT2D eigenvalue weighted by atomic mass is 9.93. The van der Waals surface area contributed by atoms with Crippen molar-refractivity contribution >= 4 is 53.3 Å². The molecule has 0 saturated carbocycles. The summed E-state index contributed by atoms with van der Waals surface area (Å²) in [4.78, 5) is 15.7. The van der Waals surface area contributed by atoms with Gasteiger partial charge >= 0.3 is 0 Å². The van der Waals surface area contributed by atoms with E-state index in [4.69, 9.17) is 15.0 Å². The summed E-state index contributed by atoms with van der Waals surface area (Å²) in [5, 5.41) is 4.94. The zero-order valence-corrected chi connectivity index (χ0v) is 33.8. The maximum absolute atomic E-state index is 5.31. The second kappa shape index (κ2) is 14.0. The summed E-state index contributed by atoms with van der Waals surface area (Å²) in [5.41, 5.74) is 14.6. The molecule has 4 nitrogen and oxygen atoms in total. The van der Waals surface area contributed by atoms with E-state index in [-0.39, 0.29) is 0 Å². The Hall–Kier alpha value is -7.21. The van der Waals surface area contributed by atoms with E-state index in [1.165, 1.54) is 58.8 Å². The van der Waals surface area contributed by atoms with Crippen molar-refractivity contribution in [2.75, 3.05) is 0 Å². The van der Waals surface area contributed by atoms with Gasteiger partial charge in [-0.05, 0) is 96.6 Å². The molecule has 0 amide bonds. The van der Waals surface area contributed by atoms with E-state index in [1.807, 2.05) is 47.7 Å². The molecule has 0 radical (unpaired) electrons. The Labute approximate surface area is 346 Å². The standard InChI is InChI=1S/C54H38N4S/c1-33-28-34(2)51(35(3)29-33)40-22-25-42-41-18-10-12-20-46(41)58(48(42)32-40)47-26-23-38(39-24-27-50-44(30-39)43-19-11-13-21-49(43)59-50)31-45(47)54-56-52(36-14-6-4-7-15-36)55-53(57-54)37-16-8-5-9-17-37/h4-32H,1-3H3. The predicted octanol–water partition coefficient (Wildman–Crippen LogP) is 14.6. The monoisotopic (exact) mass is 774 g/mol. The third kappa shape index (κ3) is 6.01. The highest BCUT2D eigenvalue weighted by Crippen LogP contribution is 2.42. The van der Waals surface area contributed by atoms with Crippen LogP contribution in [0.4, 0.5) is 0 Å². The van der Waals surface area contributed by atoms with Gasteiger partial charge in [-0.25, -0.2) is 15.0 Å². The van der Waals surface area contributed by atoms with Crippen LogP contribution in [-0.2, 0) is 0 Å². The minimum atomic E-state index is 0.615. The van der Waals surface area contributed by atoms with Gasteiger partial charge in [-0.15, -0.1) is 11.3 Å². The summed E-state index contributed by atoms with van der Waals surface area (Å²) in [6.45, 7) is 6.61. The number of hydrogen-bond donors (Lipinski definition) is 0. The number of rotatable bonds is 6. The van der Waals surface area contributed by atoms with Crippen molar-refractivity contribution in [3.8, 4) is 62.1 Å². The highest BCUT2D eigenvalue weighted by atomic mass is 32.1. The second-order valence-corrected chi connectivity index (χ2v) is 16.5. The van der Waals surface area contributed by atoms with E-state index in [9.17, 15) is 0 Å². The highest BCUT2D eigenvalue weighted by molar-refractivity contribution is 7.25. The van der Waals surface area contributed by atoms with Gasteiger partial charge in [0.15, 0.2) is 17.5 Å². The number of aromatic nitrogens is 4. The molecule has 5 heteroatoms. The van der Waals surface area contributed by atoms with Crippen LogP contribution >= 0.6 is 11.3 Å². The largest absolute Gasteiger partial charge is 0.308 e. The van der Waals surface area contributed by atoms with Gasteiger partial charge in [0.2, 0.25) is 0 Å². The van der Waals surface area contributed by atoms with Crippen molar-refractivity contribution < 1.29 is 0 Å². The summed E-state index contributed by atoms with van der Waals surface area (Å²) in [5.74, 6) is 1.88. The fraction of sp³-hybridized carbons (Fsp3) is 0.0556. The normalized spacial score (nSPS) is 11.6. The maximum Gasteiger partial charge on any atom is 0.166 e. The molecule has 11 aromatic rings. The molecule has 0 aliphatic heterocycles. The van der Waals surface area contributed by atoms with Gasteiger partial charge < -0.3 is 4.57 Å². The van der Waals surface area contributed by atoms with Crippen LogP contribution in [0.3, 0.4) is 0 Å². The minimum Gasteiger partial charge on any atom is -0.308 e. The summed E-state index contributed by atoms with van der Waals surface area (Å²) >= 11 is 1.84. The van der Waals surface area contributed by atoms with Crippen LogP contribution in [0.15, 0.2) is 176 Å². The molecule has 0 aliphatic rings. The molecule has 0 N–H and O–H groups in total. The lowest BCUT2D eigenvalue weighted by Gasteiger charge is -2.17. The molecule has 0 atom stereocenters. The number of fused-ring (bicyclic) bond motifs is 6. The Morgan fingerprint density at radius 3 is 1.68 bits per heavy atom. The fourth-order valence-electron chi connectivity index (χ4n) is 8.95. The smallest absolute Gasteiger partial charge is 0.166 e. The van der Waals surface area contributed by atoms with Crippen molar-refractivity contribution in [3.63, 3.8) is 0 Å². The quantitative estimate of drug-likeness (QED) is 0.169. The zero-order chi connectivity index (χ0) is 39.6. The van der Waals surface area contributed by atoms with Crippen molar-refractivity contribution in [2.24, 2.45) is 0 Å². The van der Waals surface area contributed by atoms with E-state index in [1.54, 1.807) is 0 Å². The van der Waals surface area contributed by atoms with Crippen molar-refractivity contribution in [3.05, 3.63) is 193 Å². The Morgan fingerprint density at radius 1 is 0.390 bits per heavy atom. The third-order valence-electron chi connectivity index (χ3n) is 11.5. The Morgan fingerprint density at radius 2 is 0.949 bits per heavy atom. The first-order valence-corrected chi connectivity index (χ1v) is 20.8. The molecule has 0 aliphatic carbocycles. The van der Waals surface area contributed by atoms with Crippen LogP contribution in [0, 0.1) is 20.8 Å². The molecule has 280 valence electrons. The van der Waals surface area contributed by atoms with Crippen molar-refractivity contribution in [1.29, 1.82) is 0 Å². The number of aryl methyl sites for hydroxylation is 3. The highest BCUT2D eigenvalue weighted by Gasteiger charge is 2.21. The van der Waals surface area contributed by atoms with Crippen LogP contribution in [0.5, 0.6) is 0 Å². The molecular formula is C54H38N4S. The van der Waals surface area contributed by atoms with Gasteiger partial charge in [-0.2, -0.15) is 0 Å². The van der Waals surface area contributed by atoms with Crippen LogP contribution < -0.4 is 0 Å². The summed E-state index contributed by atoms with van der Waals surface area (Å²) < 4.78 is 4.99. The average molecular weight is 775 g/mol. The fourth-order valence-corrected chi connectivity index (χ4v) is 10.0. The molecule has 8 aromatic carbocycles. The molecule has 0 fully saturated rings. The van der Waals surface area contributed by atoms with Crippen molar-refractivity contribution in [1.82, 2.24) is 19.5 Å². The SMILES string of the molecule is Cc1cc(C)c(-c2ccc3c4ccccc4n(-c4ccc(-c5ccc6sc7ccccc7c6c5)cc4-c4nc(-c5ccccc5)nc(-c5ccccc5)n4)c3c2)c(C)c1. The van der Waals surface area contributed by atoms with E-state index in [2.05, 4.69) is 165 Å². The summed E-state index contributed by atoms with van der Waals surface area (Å²) in [7, 11) is 0. The van der Waals surface area contributed by atoms with Crippen LogP contribution in [0.1, 0.15) is 16.7 Å². The number of para-hydroxylation sites is 1. The molecule has 0 saturated heterocycles. The summed E-state index contributed by atoms with van der Waals surface area (Å²) in [6.07, 6.45) is 0. The zero-order valence-electron chi connectivity index (χ0n) is 32.9. The van der Waals surface area contributed by atoms with E-state index < -0.39 is 0 Å². The van der Waals surface area contributed by atoms with Crippen LogP contribution in [-0.4, -0.2) is 19.5 Å². The molecule has 11 rings (SSSR count). The van der Waals surface area contributed by atoms with Crippen molar-refractivity contribution in [2.45, 2.75) is 20.8 Å². The lowest BCUT2D eigenvalue weighted by Crippen LogP contribution is -2.04. The molecule has 0 bridgehead atoms. The van der Waals surface area contributed by atoms with Gasteiger partial charge in [0.25, 0.3) is 0 Å². The van der Waals surface area contributed by atoms with Crippen LogP contribution in [0.2, 0.25) is 0 Å². The third-order valence-corrected chi connectivity index (χ3v) is 12.7. The number of benzene rings is 8. The van der Waals surface area contributed by atoms with E-state index in [0.29, 0.717) is 17.5 Å². The number of hydrogen-bond acceptors (Lipinski definition) is 4. The number of nitrogens with zero attached hydrogens (tertiary/aromatic N) is 4. The molecule has 0 unspecified atom stereocenters. The Bertz CT molecular complexity index is 3330. The van der Waals surface area contributed by atoms with Gasteiger partial charge in [-0.3, -0.25) is 0 Å². The molecule has 3 heterocycles. The lowest BCUT2D eigenvalue weighted by molar-refractivity contribution is 1.06. The van der Waals surface area contributed by atoms with E-state index in [0.717, 1.165) is 44.5 Å². The minimum absolute atomic E-state index is 0.615. The van der Waals surface area contributed by atoms with Gasteiger partial charge in [0.1, 0.15) is 0 Å². The first-order valence-electron chi connectivity index (χ1n) is 20.0.